The summed E-state index contributed by atoms with van der Waals surface area (Å²) in [6, 6.07) is 0. The number of nitrogens with zero attached hydrogens (tertiary/aromatic N) is 2. The zero-order valence-corrected chi connectivity index (χ0v) is 10.5. The first-order chi connectivity index (χ1) is 7.63. The Balaban J connectivity index is 2.59. The van der Waals surface area contributed by atoms with Crippen LogP contribution in [0.15, 0.2) is 5.38 Å². The predicted molar refractivity (Wildman–Crippen MR) is 67.5 cm³/mol. The van der Waals surface area contributed by atoms with Crippen LogP contribution >= 0.6 is 11.3 Å². The van der Waals surface area contributed by atoms with Crippen molar-refractivity contribution in [2.75, 3.05) is 31.7 Å². The van der Waals surface area contributed by atoms with Gasteiger partial charge in [0.05, 0.1) is 18.1 Å². The van der Waals surface area contributed by atoms with E-state index in [2.05, 4.69) is 9.88 Å². The molecule has 0 radical (unpaired) electrons. The van der Waals surface area contributed by atoms with E-state index in [1.807, 2.05) is 12.3 Å². The first-order valence-electron chi connectivity index (χ1n) is 5.12. The van der Waals surface area contributed by atoms with Crippen LogP contribution < -0.4 is 10.6 Å². The average molecular weight is 242 g/mol. The molecule has 0 aliphatic rings. The van der Waals surface area contributed by atoms with E-state index in [1.165, 1.54) is 0 Å². The molecular weight excluding hydrogens is 224 g/mol. The van der Waals surface area contributed by atoms with Crippen LogP contribution in [0.5, 0.6) is 0 Å². The van der Waals surface area contributed by atoms with Crippen molar-refractivity contribution in [2.45, 2.75) is 13.3 Å². The van der Waals surface area contributed by atoms with E-state index in [1.54, 1.807) is 18.4 Å². The van der Waals surface area contributed by atoms with Gasteiger partial charge in [-0.2, -0.15) is 0 Å². The molecule has 5 nitrogen and oxygen atoms in total. The first-order valence-corrected chi connectivity index (χ1v) is 6.00. The van der Waals surface area contributed by atoms with Crippen LogP contribution in [-0.4, -0.2) is 37.6 Å². The minimum Gasteiger partial charge on any atom is -0.388 e. The molecule has 0 saturated heterocycles. The fraction of sp³-hybridized carbons (Fsp3) is 0.600. The van der Waals surface area contributed by atoms with E-state index in [9.17, 15) is 0 Å². The molecule has 0 unspecified atom stereocenters. The second kappa shape index (κ2) is 6.44. The van der Waals surface area contributed by atoms with E-state index in [-0.39, 0.29) is 5.84 Å². The lowest BCUT2D eigenvalue weighted by Crippen LogP contribution is -2.30. The van der Waals surface area contributed by atoms with Crippen LogP contribution in [0.4, 0.5) is 5.13 Å². The largest absolute Gasteiger partial charge is 0.388 e. The Morgan fingerprint density at radius 1 is 1.62 bits per heavy atom. The molecule has 0 spiro atoms. The Morgan fingerprint density at radius 3 is 2.88 bits per heavy atom. The van der Waals surface area contributed by atoms with Crippen molar-refractivity contribution in [1.29, 1.82) is 5.41 Å². The van der Waals surface area contributed by atoms with Gasteiger partial charge in [-0.1, -0.05) is 0 Å². The molecule has 0 aliphatic carbocycles. The van der Waals surface area contributed by atoms with Gasteiger partial charge >= 0.3 is 0 Å². The fourth-order valence-electron chi connectivity index (χ4n) is 1.25. The lowest BCUT2D eigenvalue weighted by atomic mass is 10.3. The molecule has 0 aliphatic heterocycles. The van der Waals surface area contributed by atoms with Gasteiger partial charge in [0.25, 0.3) is 0 Å². The third-order valence-electron chi connectivity index (χ3n) is 2.09. The zero-order valence-electron chi connectivity index (χ0n) is 9.69. The summed E-state index contributed by atoms with van der Waals surface area (Å²) in [5.74, 6) is 0.204. The molecular formula is C10H18N4OS. The normalized spacial score (nSPS) is 10.4. The lowest BCUT2D eigenvalue weighted by Gasteiger charge is -2.20. The number of thiazole rings is 1. The molecule has 0 saturated carbocycles. The smallest absolute Gasteiger partial charge is 0.185 e. The Kier molecular flexibility index (Phi) is 5.21. The molecule has 6 heteroatoms. The van der Waals surface area contributed by atoms with E-state index >= 15 is 0 Å². The molecule has 3 N–H and O–H groups in total. The van der Waals surface area contributed by atoms with Crippen LogP contribution in [0, 0.1) is 12.3 Å². The second-order valence-corrected chi connectivity index (χ2v) is 4.36. The summed E-state index contributed by atoms with van der Waals surface area (Å²) in [4.78, 5) is 6.52. The molecule has 0 aromatic carbocycles. The maximum atomic E-state index is 7.24. The number of ether oxygens (including phenoxy) is 1. The van der Waals surface area contributed by atoms with Crippen molar-refractivity contribution in [3.05, 3.63) is 11.1 Å². The molecule has 0 atom stereocenters. The third kappa shape index (κ3) is 4.16. The number of aryl methyl sites for hydroxylation is 1. The molecule has 1 heterocycles. The highest BCUT2D eigenvalue weighted by molar-refractivity contribution is 7.13. The van der Waals surface area contributed by atoms with E-state index in [0.29, 0.717) is 19.6 Å². The summed E-state index contributed by atoms with van der Waals surface area (Å²) >= 11 is 1.61. The zero-order chi connectivity index (χ0) is 12.0. The molecule has 1 aromatic rings. The summed E-state index contributed by atoms with van der Waals surface area (Å²) in [6.07, 6.45) is 0.558. The summed E-state index contributed by atoms with van der Waals surface area (Å²) in [5, 5.41) is 10.2. The number of hydrogen-bond acceptors (Lipinski definition) is 5. The van der Waals surface area contributed by atoms with E-state index < -0.39 is 0 Å². The van der Waals surface area contributed by atoms with Gasteiger partial charge < -0.3 is 15.4 Å². The van der Waals surface area contributed by atoms with Crippen LogP contribution in [-0.2, 0) is 4.74 Å². The summed E-state index contributed by atoms with van der Waals surface area (Å²) in [6.45, 7) is 4.11. The van der Waals surface area contributed by atoms with Gasteiger partial charge in [0, 0.05) is 32.0 Å². The highest BCUT2D eigenvalue weighted by Crippen LogP contribution is 2.19. The Hall–Kier alpha value is -1.14. The van der Waals surface area contributed by atoms with Crippen molar-refractivity contribution < 1.29 is 4.74 Å². The number of amidine groups is 1. The Labute approximate surface area is 99.7 Å². The number of hydrogen-bond donors (Lipinski definition) is 2. The highest BCUT2D eigenvalue weighted by atomic mass is 32.1. The molecule has 0 fully saturated rings. The van der Waals surface area contributed by atoms with Crippen LogP contribution in [0.2, 0.25) is 0 Å². The number of anilines is 1. The summed E-state index contributed by atoms with van der Waals surface area (Å²) in [5.41, 5.74) is 6.38. The van der Waals surface area contributed by atoms with Gasteiger partial charge in [-0.3, -0.25) is 5.41 Å². The fourth-order valence-corrected chi connectivity index (χ4v) is 2.10. The number of methoxy groups -OCH3 is 1. The van der Waals surface area contributed by atoms with Gasteiger partial charge in [-0.25, -0.2) is 4.98 Å². The molecule has 1 rings (SSSR count). The maximum Gasteiger partial charge on any atom is 0.185 e. The van der Waals surface area contributed by atoms with E-state index in [4.69, 9.17) is 15.9 Å². The van der Waals surface area contributed by atoms with Gasteiger partial charge in [0.2, 0.25) is 0 Å². The first kappa shape index (κ1) is 12.9. The van der Waals surface area contributed by atoms with Crippen LogP contribution in [0.3, 0.4) is 0 Å². The summed E-state index contributed by atoms with van der Waals surface area (Å²) < 4.78 is 5.06. The Bertz CT molecular complexity index is 339. The SMILES string of the molecule is COCCN(CCC(=N)N)c1nc(C)cs1. The van der Waals surface area contributed by atoms with Gasteiger partial charge in [0.1, 0.15) is 0 Å². The highest BCUT2D eigenvalue weighted by Gasteiger charge is 2.10. The number of rotatable bonds is 7. The minimum absolute atomic E-state index is 0.204. The second-order valence-electron chi connectivity index (χ2n) is 3.53. The van der Waals surface area contributed by atoms with Crippen molar-refractivity contribution in [1.82, 2.24) is 4.98 Å². The van der Waals surface area contributed by atoms with E-state index in [0.717, 1.165) is 17.4 Å². The monoisotopic (exact) mass is 242 g/mol. The lowest BCUT2D eigenvalue weighted by molar-refractivity contribution is 0.205. The van der Waals surface area contributed by atoms with Crippen molar-refractivity contribution in [2.24, 2.45) is 5.73 Å². The summed E-state index contributed by atoms with van der Waals surface area (Å²) in [7, 11) is 1.68. The van der Waals surface area contributed by atoms with Crippen molar-refractivity contribution >= 4 is 22.3 Å². The van der Waals surface area contributed by atoms with Crippen LogP contribution in [0.1, 0.15) is 12.1 Å². The molecule has 0 amide bonds. The molecule has 0 bridgehead atoms. The molecule has 90 valence electrons. The third-order valence-corrected chi connectivity index (χ3v) is 3.11. The number of nitrogens with one attached hydrogen (secondary N) is 1. The average Bonchev–Trinajstić information content (AvgIpc) is 2.64. The van der Waals surface area contributed by atoms with Gasteiger partial charge in [-0.15, -0.1) is 11.3 Å². The molecule has 16 heavy (non-hydrogen) atoms. The topological polar surface area (TPSA) is 75.2 Å². The Morgan fingerprint density at radius 2 is 2.38 bits per heavy atom. The van der Waals surface area contributed by atoms with Crippen molar-refractivity contribution in [3.63, 3.8) is 0 Å². The predicted octanol–water partition coefficient (Wildman–Crippen LogP) is 1.23. The number of aromatic nitrogens is 1. The number of nitrogens with two attached hydrogens (primary N) is 1. The van der Waals surface area contributed by atoms with Gasteiger partial charge in [0.15, 0.2) is 5.13 Å². The van der Waals surface area contributed by atoms with Gasteiger partial charge in [-0.05, 0) is 6.92 Å². The standard InChI is InChI=1S/C10H18N4OS/c1-8-7-16-10(13-8)14(5-6-15-2)4-3-9(11)12/h7H,3-6H2,1-2H3,(H3,11,12). The molecule has 1 aromatic heterocycles. The van der Waals surface area contributed by atoms with Crippen LogP contribution in [0.25, 0.3) is 0 Å². The quantitative estimate of drug-likeness (QED) is 0.557. The minimum atomic E-state index is 0.204. The maximum absolute atomic E-state index is 7.24. The van der Waals surface area contributed by atoms with Crippen molar-refractivity contribution in [3.8, 4) is 0 Å².